The van der Waals surface area contributed by atoms with Gasteiger partial charge in [-0.05, 0) is 35.8 Å². The number of hydrogen-bond acceptors (Lipinski definition) is 2. The molecular formula is C15H18O3. The fraction of sp³-hybridized carbons (Fsp3) is 0.267. The summed E-state index contributed by atoms with van der Waals surface area (Å²) in [5, 5.41) is 8.65. The third kappa shape index (κ3) is 4.45. The van der Waals surface area contributed by atoms with Crippen molar-refractivity contribution in [3.8, 4) is 5.75 Å². The molecule has 1 rings (SSSR count). The van der Waals surface area contributed by atoms with Gasteiger partial charge in [0, 0.05) is 6.08 Å². The summed E-state index contributed by atoms with van der Waals surface area (Å²) in [7, 11) is 1.61. The van der Waals surface area contributed by atoms with Crippen LogP contribution in [0.3, 0.4) is 0 Å². The molecule has 0 aliphatic heterocycles. The lowest BCUT2D eigenvalue weighted by molar-refractivity contribution is -0.131. The van der Waals surface area contributed by atoms with Crippen molar-refractivity contribution in [3.05, 3.63) is 41.5 Å². The number of carboxylic acid groups (broad SMARTS) is 1. The first-order chi connectivity index (χ1) is 8.67. The average Bonchev–Trinajstić information content (AvgIpc) is 2.37. The SMILES string of the molecule is CCCC=Cc1cc(OC)ccc1C=CC(=O)O. The number of allylic oxidation sites excluding steroid dienone is 1. The van der Waals surface area contributed by atoms with E-state index in [0.717, 1.165) is 35.8 Å². The van der Waals surface area contributed by atoms with Gasteiger partial charge in [-0.2, -0.15) is 0 Å². The Hall–Kier alpha value is -2.03. The van der Waals surface area contributed by atoms with E-state index in [9.17, 15) is 4.79 Å². The zero-order valence-corrected chi connectivity index (χ0v) is 10.7. The number of hydrogen-bond donors (Lipinski definition) is 1. The molecule has 96 valence electrons. The molecule has 0 saturated carbocycles. The second kappa shape index (κ2) is 7.33. The molecule has 0 aliphatic carbocycles. The molecule has 0 fully saturated rings. The molecule has 0 heterocycles. The van der Waals surface area contributed by atoms with E-state index < -0.39 is 5.97 Å². The van der Waals surface area contributed by atoms with E-state index in [0.29, 0.717) is 0 Å². The summed E-state index contributed by atoms with van der Waals surface area (Å²) in [6, 6.07) is 5.57. The predicted molar refractivity (Wildman–Crippen MR) is 73.6 cm³/mol. The van der Waals surface area contributed by atoms with E-state index in [-0.39, 0.29) is 0 Å². The molecule has 0 aliphatic rings. The van der Waals surface area contributed by atoms with Gasteiger partial charge in [0.2, 0.25) is 0 Å². The largest absolute Gasteiger partial charge is 0.497 e. The Morgan fingerprint density at radius 2 is 2.11 bits per heavy atom. The van der Waals surface area contributed by atoms with Gasteiger partial charge in [0.05, 0.1) is 7.11 Å². The van der Waals surface area contributed by atoms with E-state index in [4.69, 9.17) is 9.84 Å². The van der Waals surface area contributed by atoms with Crippen LogP contribution in [0.4, 0.5) is 0 Å². The van der Waals surface area contributed by atoms with Crippen molar-refractivity contribution in [1.29, 1.82) is 0 Å². The Kier molecular flexibility index (Phi) is 5.71. The molecule has 0 atom stereocenters. The molecule has 0 bridgehead atoms. The third-order valence-electron chi connectivity index (χ3n) is 2.45. The van der Waals surface area contributed by atoms with Gasteiger partial charge in [0.15, 0.2) is 0 Å². The number of rotatable bonds is 6. The van der Waals surface area contributed by atoms with Gasteiger partial charge < -0.3 is 9.84 Å². The normalized spacial score (nSPS) is 11.2. The maximum atomic E-state index is 10.5. The fourth-order valence-corrected chi connectivity index (χ4v) is 1.51. The van der Waals surface area contributed by atoms with Crippen LogP contribution in [0.1, 0.15) is 30.9 Å². The van der Waals surface area contributed by atoms with E-state index >= 15 is 0 Å². The van der Waals surface area contributed by atoms with Crippen LogP contribution in [0.25, 0.3) is 12.2 Å². The van der Waals surface area contributed by atoms with Gasteiger partial charge in [-0.3, -0.25) is 0 Å². The van der Waals surface area contributed by atoms with Crippen LogP contribution < -0.4 is 4.74 Å². The van der Waals surface area contributed by atoms with Crippen molar-refractivity contribution in [2.45, 2.75) is 19.8 Å². The minimum Gasteiger partial charge on any atom is -0.497 e. The van der Waals surface area contributed by atoms with Crippen molar-refractivity contribution in [1.82, 2.24) is 0 Å². The molecule has 0 radical (unpaired) electrons. The highest BCUT2D eigenvalue weighted by molar-refractivity contribution is 5.86. The number of methoxy groups -OCH3 is 1. The molecule has 0 saturated heterocycles. The molecule has 18 heavy (non-hydrogen) atoms. The third-order valence-corrected chi connectivity index (χ3v) is 2.45. The van der Waals surface area contributed by atoms with E-state index in [1.807, 2.05) is 24.3 Å². The summed E-state index contributed by atoms with van der Waals surface area (Å²) in [6.07, 6.45) is 8.88. The number of unbranched alkanes of at least 4 members (excludes halogenated alkanes) is 1. The lowest BCUT2D eigenvalue weighted by Gasteiger charge is -2.05. The van der Waals surface area contributed by atoms with Crippen molar-refractivity contribution in [3.63, 3.8) is 0 Å². The monoisotopic (exact) mass is 246 g/mol. The van der Waals surface area contributed by atoms with Crippen molar-refractivity contribution in [2.75, 3.05) is 7.11 Å². The number of ether oxygens (including phenoxy) is 1. The first-order valence-corrected chi connectivity index (χ1v) is 5.93. The average molecular weight is 246 g/mol. The van der Waals surface area contributed by atoms with Crippen LogP contribution in [0.5, 0.6) is 5.75 Å². The van der Waals surface area contributed by atoms with Crippen LogP contribution >= 0.6 is 0 Å². The Labute approximate surface area is 107 Å². The highest BCUT2D eigenvalue weighted by Gasteiger charge is 2.00. The molecular weight excluding hydrogens is 228 g/mol. The van der Waals surface area contributed by atoms with Gasteiger partial charge in [-0.15, -0.1) is 0 Å². The van der Waals surface area contributed by atoms with Gasteiger partial charge in [0.25, 0.3) is 0 Å². The Balaban J connectivity index is 3.03. The lowest BCUT2D eigenvalue weighted by atomic mass is 10.1. The topological polar surface area (TPSA) is 46.5 Å². The van der Waals surface area contributed by atoms with Crippen molar-refractivity contribution >= 4 is 18.1 Å². The molecule has 0 aromatic heterocycles. The highest BCUT2D eigenvalue weighted by Crippen LogP contribution is 2.20. The first kappa shape index (κ1) is 14.0. The summed E-state index contributed by atoms with van der Waals surface area (Å²) in [6.45, 7) is 2.11. The highest BCUT2D eigenvalue weighted by atomic mass is 16.5. The van der Waals surface area contributed by atoms with Crippen LogP contribution in [0.2, 0.25) is 0 Å². The minimum absolute atomic E-state index is 0.763. The van der Waals surface area contributed by atoms with E-state index in [1.54, 1.807) is 13.2 Å². The summed E-state index contributed by atoms with van der Waals surface area (Å²) < 4.78 is 5.17. The van der Waals surface area contributed by atoms with Crippen molar-refractivity contribution in [2.24, 2.45) is 0 Å². The van der Waals surface area contributed by atoms with E-state index in [1.165, 1.54) is 0 Å². The Morgan fingerprint density at radius 1 is 1.33 bits per heavy atom. The minimum atomic E-state index is -0.950. The maximum Gasteiger partial charge on any atom is 0.328 e. The quantitative estimate of drug-likeness (QED) is 0.780. The van der Waals surface area contributed by atoms with Gasteiger partial charge in [-0.1, -0.05) is 31.6 Å². The van der Waals surface area contributed by atoms with Crippen LogP contribution in [0.15, 0.2) is 30.4 Å². The number of carbonyl (C=O) groups is 1. The standard InChI is InChI=1S/C15H18O3/c1-3-4-5-6-13-11-14(18-2)9-7-12(13)8-10-15(16)17/h5-11H,3-4H2,1-2H3,(H,16,17). The van der Waals surface area contributed by atoms with Gasteiger partial charge in [-0.25, -0.2) is 4.79 Å². The Morgan fingerprint density at radius 3 is 2.72 bits per heavy atom. The zero-order valence-electron chi connectivity index (χ0n) is 10.7. The zero-order chi connectivity index (χ0) is 13.4. The van der Waals surface area contributed by atoms with Crippen LogP contribution in [-0.2, 0) is 4.79 Å². The predicted octanol–water partition coefficient (Wildman–Crippen LogP) is 3.61. The smallest absolute Gasteiger partial charge is 0.328 e. The maximum absolute atomic E-state index is 10.5. The summed E-state index contributed by atoms with van der Waals surface area (Å²) >= 11 is 0. The lowest BCUT2D eigenvalue weighted by Crippen LogP contribution is -1.89. The molecule has 0 unspecified atom stereocenters. The van der Waals surface area contributed by atoms with Gasteiger partial charge >= 0.3 is 5.97 Å². The van der Waals surface area contributed by atoms with Crippen LogP contribution in [-0.4, -0.2) is 18.2 Å². The molecule has 1 aromatic rings. The number of benzene rings is 1. The summed E-state index contributed by atoms with van der Waals surface area (Å²) in [5.74, 6) is -0.187. The molecule has 0 amide bonds. The van der Waals surface area contributed by atoms with Crippen molar-refractivity contribution < 1.29 is 14.6 Å². The number of carboxylic acids is 1. The second-order valence-corrected chi connectivity index (χ2v) is 3.86. The Bertz CT molecular complexity index is 459. The fourth-order valence-electron chi connectivity index (χ4n) is 1.51. The molecule has 1 N–H and O–H groups in total. The molecule has 1 aromatic carbocycles. The molecule has 3 heteroatoms. The van der Waals surface area contributed by atoms with Crippen LogP contribution in [0, 0.1) is 0 Å². The van der Waals surface area contributed by atoms with Gasteiger partial charge in [0.1, 0.15) is 5.75 Å². The summed E-state index contributed by atoms with van der Waals surface area (Å²) in [4.78, 5) is 10.5. The molecule has 3 nitrogen and oxygen atoms in total. The molecule has 0 spiro atoms. The summed E-state index contributed by atoms with van der Waals surface area (Å²) in [5.41, 5.74) is 1.82. The second-order valence-electron chi connectivity index (χ2n) is 3.86. The van der Waals surface area contributed by atoms with E-state index in [2.05, 4.69) is 13.0 Å². The first-order valence-electron chi connectivity index (χ1n) is 5.93. The number of aliphatic carboxylic acids is 1.